The predicted molar refractivity (Wildman–Crippen MR) is 68.5 cm³/mol. The number of anilines is 1. The van der Waals surface area contributed by atoms with Gasteiger partial charge in [-0.25, -0.2) is 4.98 Å². The zero-order valence-corrected chi connectivity index (χ0v) is 10.6. The van der Waals surface area contributed by atoms with Crippen LogP contribution in [0.3, 0.4) is 0 Å². The summed E-state index contributed by atoms with van der Waals surface area (Å²) in [6, 6.07) is 3.49. The van der Waals surface area contributed by atoms with Crippen molar-refractivity contribution in [3.05, 3.63) is 33.4 Å². The first kappa shape index (κ1) is 12.7. The molecule has 0 radical (unpaired) electrons. The second-order valence-corrected chi connectivity index (χ2v) is 4.66. The van der Waals surface area contributed by atoms with Crippen LogP contribution in [-0.4, -0.2) is 24.0 Å². The highest BCUT2D eigenvalue weighted by atomic mass is 35.5. The Morgan fingerprint density at radius 1 is 1.67 bits per heavy atom. The third kappa shape index (κ3) is 2.72. The second kappa shape index (κ2) is 5.25. The highest BCUT2D eigenvalue weighted by Gasteiger charge is 2.30. The van der Waals surface area contributed by atoms with Crippen molar-refractivity contribution in [2.45, 2.75) is 13.3 Å². The van der Waals surface area contributed by atoms with Gasteiger partial charge in [-0.15, -0.1) is 0 Å². The van der Waals surface area contributed by atoms with Crippen molar-refractivity contribution in [1.29, 1.82) is 0 Å². The van der Waals surface area contributed by atoms with Crippen LogP contribution in [0.4, 0.5) is 5.69 Å². The smallest absolute Gasteiger partial charge is 0.227 e. The van der Waals surface area contributed by atoms with Gasteiger partial charge in [0.2, 0.25) is 5.91 Å². The number of aryl methyl sites for hydroxylation is 1. The van der Waals surface area contributed by atoms with Gasteiger partial charge in [-0.2, -0.15) is 0 Å². The number of aromatic nitrogens is 1. The Hall–Kier alpha value is -1.78. The molecule has 0 spiro atoms. The van der Waals surface area contributed by atoms with Gasteiger partial charge in [0.05, 0.1) is 0 Å². The Kier molecular flexibility index (Phi) is 3.69. The quantitative estimate of drug-likeness (QED) is 0.364. The molecule has 0 aromatic carbocycles. The van der Waals surface area contributed by atoms with E-state index in [0.717, 1.165) is 11.4 Å². The minimum absolute atomic E-state index is 0.0230. The van der Waals surface area contributed by atoms with E-state index in [1.165, 1.54) is 0 Å². The molecule has 1 amide bonds. The summed E-state index contributed by atoms with van der Waals surface area (Å²) in [7, 11) is 0. The predicted octanol–water partition coefficient (Wildman–Crippen LogP) is 2.71. The van der Waals surface area contributed by atoms with Gasteiger partial charge in [0.15, 0.2) is 0 Å². The van der Waals surface area contributed by atoms with Gasteiger partial charge in [0, 0.05) is 35.8 Å². The van der Waals surface area contributed by atoms with Crippen molar-refractivity contribution in [1.82, 2.24) is 4.98 Å². The highest BCUT2D eigenvalue weighted by Crippen LogP contribution is 2.27. The third-order valence-corrected chi connectivity index (χ3v) is 3.02. The second-order valence-electron chi connectivity index (χ2n) is 4.28. The molecular formula is C11H12ClN5O. The Labute approximate surface area is 109 Å². The molecule has 6 nitrogen and oxygen atoms in total. The number of carbonyl (C=O) groups is 1. The minimum Gasteiger partial charge on any atom is -0.312 e. The molecule has 0 aliphatic carbocycles. The van der Waals surface area contributed by atoms with Gasteiger partial charge in [-0.1, -0.05) is 16.7 Å². The molecule has 0 bridgehead atoms. The molecule has 0 saturated carbocycles. The molecular weight excluding hydrogens is 254 g/mol. The van der Waals surface area contributed by atoms with E-state index in [-0.39, 0.29) is 11.8 Å². The molecule has 94 valence electrons. The fourth-order valence-corrected chi connectivity index (χ4v) is 2.32. The first-order chi connectivity index (χ1) is 8.60. The van der Waals surface area contributed by atoms with Crippen LogP contribution in [0, 0.1) is 12.8 Å². The molecule has 2 rings (SSSR count). The SMILES string of the molecule is Cc1cc(N2CC(CN=[N+]=[N-])CC2=O)cc(Cl)n1. The minimum atomic E-state index is 0.0230. The lowest BCUT2D eigenvalue weighted by Gasteiger charge is -2.17. The lowest BCUT2D eigenvalue weighted by molar-refractivity contribution is -0.117. The maximum Gasteiger partial charge on any atom is 0.227 e. The monoisotopic (exact) mass is 265 g/mol. The van der Waals surface area contributed by atoms with E-state index in [9.17, 15) is 4.79 Å². The fourth-order valence-electron chi connectivity index (χ4n) is 2.07. The summed E-state index contributed by atoms with van der Waals surface area (Å²) in [5.41, 5.74) is 9.80. The molecule has 1 unspecified atom stereocenters. The zero-order chi connectivity index (χ0) is 13.1. The Morgan fingerprint density at radius 2 is 2.44 bits per heavy atom. The summed E-state index contributed by atoms with van der Waals surface area (Å²) in [4.78, 5) is 20.3. The number of azide groups is 1. The normalized spacial score (nSPS) is 18.9. The van der Waals surface area contributed by atoms with Crippen molar-refractivity contribution >= 4 is 23.2 Å². The van der Waals surface area contributed by atoms with E-state index >= 15 is 0 Å². The Morgan fingerprint density at radius 3 is 3.11 bits per heavy atom. The van der Waals surface area contributed by atoms with E-state index in [1.54, 1.807) is 11.0 Å². The summed E-state index contributed by atoms with van der Waals surface area (Å²) in [6.07, 6.45) is 0.401. The van der Waals surface area contributed by atoms with Crippen LogP contribution in [0.1, 0.15) is 12.1 Å². The van der Waals surface area contributed by atoms with Crippen LogP contribution in [0.15, 0.2) is 17.2 Å². The topological polar surface area (TPSA) is 82.0 Å². The molecule has 2 heterocycles. The number of pyridine rings is 1. The largest absolute Gasteiger partial charge is 0.312 e. The van der Waals surface area contributed by atoms with Crippen molar-refractivity contribution in [3.8, 4) is 0 Å². The number of halogens is 1. The number of amides is 1. The molecule has 1 aliphatic heterocycles. The van der Waals surface area contributed by atoms with Gasteiger partial charge in [-0.05, 0) is 30.5 Å². The molecule has 18 heavy (non-hydrogen) atoms. The van der Waals surface area contributed by atoms with Gasteiger partial charge < -0.3 is 4.90 Å². The van der Waals surface area contributed by atoms with Crippen molar-refractivity contribution in [2.75, 3.05) is 18.0 Å². The summed E-state index contributed by atoms with van der Waals surface area (Å²) in [5, 5.41) is 3.89. The molecule has 1 fully saturated rings. The molecule has 1 aromatic rings. The summed E-state index contributed by atoms with van der Waals surface area (Å²) in [6.45, 7) is 2.72. The van der Waals surface area contributed by atoms with Crippen LogP contribution < -0.4 is 4.90 Å². The van der Waals surface area contributed by atoms with E-state index in [4.69, 9.17) is 17.1 Å². The molecule has 7 heteroatoms. The highest BCUT2D eigenvalue weighted by molar-refractivity contribution is 6.29. The average molecular weight is 266 g/mol. The maximum absolute atomic E-state index is 11.9. The number of hydrogen-bond acceptors (Lipinski definition) is 3. The van der Waals surface area contributed by atoms with Crippen molar-refractivity contribution < 1.29 is 4.79 Å². The van der Waals surface area contributed by atoms with E-state index in [0.29, 0.717) is 24.7 Å². The number of carbonyl (C=O) groups excluding carboxylic acids is 1. The number of hydrogen-bond donors (Lipinski definition) is 0. The summed E-state index contributed by atoms with van der Waals surface area (Å²) in [5.74, 6) is 0.0930. The van der Waals surface area contributed by atoms with Crippen molar-refractivity contribution in [2.24, 2.45) is 11.0 Å². The Bertz CT molecular complexity index is 506. The zero-order valence-electron chi connectivity index (χ0n) is 9.88. The lowest BCUT2D eigenvalue weighted by Crippen LogP contribution is -2.25. The van der Waals surface area contributed by atoms with Crippen LogP contribution in [0.5, 0.6) is 0 Å². The van der Waals surface area contributed by atoms with Gasteiger partial charge in [0.1, 0.15) is 5.15 Å². The van der Waals surface area contributed by atoms with E-state index in [1.807, 2.05) is 13.0 Å². The third-order valence-electron chi connectivity index (χ3n) is 2.83. The van der Waals surface area contributed by atoms with Crippen molar-refractivity contribution in [3.63, 3.8) is 0 Å². The molecule has 1 aliphatic rings. The molecule has 0 N–H and O–H groups in total. The summed E-state index contributed by atoms with van der Waals surface area (Å²) >= 11 is 5.88. The van der Waals surface area contributed by atoms with Gasteiger partial charge in [-0.3, -0.25) is 4.79 Å². The van der Waals surface area contributed by atoms with Crippen LogP contribution in [0.25, 0.3) is 10.4 Å². The first-order valence-corrected chi connectivity index (χ1v) is 5.93. The first-order valence-electron chi connectivity index (χ1n) is 5.55. The van der Waals surface area contributed by atoms with Crippen LogP contribution >= 0.6 is 11.6 Å². The number of rotatable bonds is 3. The van der Waals surface area contributed by atoms with Gasteiger partial charge in [0.25, 0.3) is 0 Å². The van der Waals surface area contributed by atoms with Crippen LogP contribution in [0.2, 0.25) is 5.15 Å². The Balaban J connectivity index is 2.18. The fraction of sp³-hybridized carbons (Fsp3) is 0.455. The van der Waals surface area contributed by atoms with E-state index in [2.05, 4.69) is 15.0 Å². The molecule has 1 aromatic heterocycles. The lowest BCUT2D eigenvalue weighted by atomic mass is 10.1. The molecule has 1 atom stereocenters. The standard InChI is InChI=1S/C11H12ClN5O/c1-7-2-9(4-10(12)15-7)17-6-8(3-11(17)18)5-14-16-13/h2,4,8H,3,5-6H2,1H3. The van der Waals surface area contributed by atoms with Gasteiger partial charge >= 0.3 is 0 Å². The van der Waals surface area contributed by atoms with Crippen LogP contribution in [-0.2, 0) is 4.79 Å². The molecule has 1 saturated heterocycles. The van der Waals surface area contributed by atoms with E-state index < -0.39 is 0 Å². The maximum atomic E-state index is 11.9. The average Bonchev–Trinajstić information content (AvgIpc) is 2.66. The number of nitrogens with zero attached hydrogens (tertiary/aromatic N) is 5. The summed E-state index contributed by atoms with van der Waals surface area (Å²) < 4.78 is 0.